The summed E-state index contributed by atoms with van der Waals surface area (Å²) in [7, 11) is -1.37. The lowest BCUT2D eigenvalue weighted by atomic mass is 9.85. The minimum atomic E-state index is -1.37. The van der Waals surface area contributed by atoms with E-state index in [1.165, 1.54) is 0 Å². The van der Waals surface area contributed by atoms with E-state index in [2.05, 4.69) is 27.7 Å². The number of aliphatic carboxylic acids is 1. The van der Waals surface area contributed by atoms with Crippen molar-refractivity contribution in [3.05, 3.63) is 29.3 Å². The van der Waals surface area contributed by atoms with E-state index in [0.717, 1.165) is 23.3 Å². The molecule has 0 aromatic heterocycles. The van der Waals surface area contributed by atoms with Crippen LogP contribution >= 0.6 is 8.60 Å². The lowest BCUT2D eigenvalue weighted by molar-refractivity contribution is -0.136. The average molecular weight is 354 g/mol. The van der Waals surface area contributed by atoms with Gasteiger partial charge in [-0.15, -0.1) is 0 Å². The fourth-order valence-corrected chi connectivity index (χ4v) is 3.60. The minimum absolute atomic E-state index is 0.119. The Balaban J connectivity index is 2.12. The Morgan fingerprint density at radius 3 is 2.54 bits per heavy atom. The van der Waals surface area contributed by atoms with Gasteiger partial charge in [0.25, 0.3) is 0 Å². The van der Waals surface area contributed by atoms with Crippen LogP contribution in [-0.2, 0) is 25.7 Å². The molecule has 0 unspecified atom stereocenters. The van der Waals surface area contributed by atoms with Gasteiger partial charge in [0.05, 0.1) is 13.2 Å². The molecule has 24 heavy (non-hydrogen) atoms. The number of carbonyl (C=O) groups is 1. The number of benzene rings is 1. The third kappa shape index (κ3) is 5.44. The van der Waals surface area contributed by atoms with Gasteiger partial charge in [-0.1, -0.05) is 39.8 Å². The SMILES string of the molecule is CCC1COP(Oc2ccc(CCC(=O)O)cc2C(C)(C)C)OC1. The highest BCUT2D eigenvalue weighted by Crippen LogP contribution is 2.47. The maximum Gasteiger partial charge on any atom is 0.397 e. The zero-order valence-corrected chi connectivity index (χ0v) is 15.8. The van der Waals surface area contributed by atoms with Crippen molar-refractivity contribution in [2.45, 2.75) is 52.4 Å². The first-order valence-corrected chi connectivity index (χ1v) is 9.48. The molecule has 1 aromatic rings. The maximum atomic E-state index is 10.8. The first-order valence-electron chi connectivity index (χ1n) is 8.38. The van der Waals surface area contributed by atoms with Crippen molar-refractivity contribution in [2.24, 2.45) is 5.92 Å². The molecule has 0 aliphatic carbocycles. The van der Waals surface area contributed by atoms with Crippen LogP contribution in [0.25, 0.3) is 0 Å². The van der Waals surface area contributed by atoms with Crippen LogP contribution in [0.5, 0.6) is 5.75 Å². The van der Waals surface area contributed by atoms with E-state index in [-0.39, 0.29) is 11.8 Å². The van der Waals surface area contributed by atoms with E-state index < -0.39 is 14.6 Å². The zero-order chi connectivity index (χ0) is 17.7. The molecule has 6 heteroatoms. The van der Waals surface area contributed by atoms with Crippen molar-refractivity contribution in [3.8, 4) is 5.75 Å². The van der Waals surface area contributed by atoms with E-state index >= 15 is 0 Å². The first kappa shape index (κ1) is 19.2. The third-order valence-corrected chi connectivity index (χ3v) is 5.13. The van der Waals surface area contributed by atoms with Gasteiger partial charge in [-0.2, -0.15) is 0 Å². The molecule has 2 rings (SSSR count). The van der Waals surface area contributed by atoms with Gasteiger partial charge in [-0.05, 0) is 29.9 Å². The first-order chi connectivity index (χ1) is 11.3. The highest BCUT2D eigenvalue weighted by Gasteiger charge is 2.27. The molecule has 0 bridgehead atoms. The Morgan fingerprint density at radius 2 is 2.00 bits per heavy atom. The topological polar surface area (TPSA) is 65.0 Å². The Hall–Kier alpha value is -1.16. The Bertz CT molecular complexity index is 559. The number of carboxylic acid groups (broad SMARTS) is 1. The highest BCUT2D eigenvalue weighted by atomic mass is 31.2. The molecule has 0 spiro atoms. The van der Waals surface area contributed by atoms with Gasteiger partial charge in [-0.3, -0.25) is 4.79 Å². The molecule has 1 aromatic carbocycles. The summed E-state index contributed by atoms with van der Waals surface area (Å²) in [6.07, 6.45) is 1.68. The van der Waals surface area contributed by atoms with Crippen LogP contribution in [0.2, 0.25) is 0 Å². The van der Waals surface area contributed by atoms with Crippen molar-refractivity contribution in [1.29, 1.82) is 0 Å². The van der Waals surface area contributed by atoms with E-state index in [0.29, 0.717) is 25.6 Å². The van der Waals surface area contributed by atoms with Gasteiger partial charge in [0.2, 0.25) is 0 Å². The number of hydrogen-bond acceptors (Lipinski definition) is 4. The van der Waals surface area contributed by atoms with Crippen LogP contribution in [0.15, 0.2) is 18.2 Å². The minimum Gasteiger partial charge on any atom is -0.481 e. The molecular weight excluding hydrogens is 327 g/mol. The van der Waals surface area contributed by atoms with Crippen LogP contribution < -0.4 is 4.52 Å². The second-order valence-corrected chi connectivity index (χ2v) is 8.30. The Morgan fingerprint density at radius 1 is 1.33 bits per heavy atom. The summed E-state index contributed by atoms with van der Waals surface area (Å²) in [5.41, 5.74) is 1.92. The van der Waals surface area contributed by atoms with E-state index in [9.17, 15) is 4.79 Å². The fourth-order valence-electron chi connectivity index (χ4n) is 2.44. The van der Waals surface area contributed by atoms with Crippen molar-refractivity contribution in [1.82, 2.24) is 0 Å². The molecule has 0 saturated carbocycles. The summed E-state index contributed by atoms with van der Waals surface area (Å²) in [6.45, 7) is 9.80. The summed E-state index contributed by atoms with van der Waals surface area (Å²) in [4.78, 5) is 10.8. The van der Waals surface area contributed by atoms with Gasteiger partial charge in [0.1, 0.15) is 5.75 Å². The quantitative estimate of drug-likeness (QED) is 0.752. The summed E-state index contributed by atoms with van der Waals surface area (Å²) in [5, 5.41) is 8.86. The van der Waals surface area contributed by atoms with Crippen LogP contribution in [0, 0.1) is 5.92 Å². The molecule has 5 nitrogen and oxygen atoms in total. The van der Waals surface area contributed by atoms with Crippen LogP contribution in [0.4, 0.5) is 0 Å². The van der Waals surface area contributed by atoms with Gasteiger partial charge in [0, 0.05) is 17.9 Å². The van der Waals surface area contributed by atoms with Gasteiger partial charge in [-0.25, -0.2) is 0 Å². The molecule has 1 N–H and O–H groups in total. The van der Waals surface area contributed by atoms with Crippen LogP contribution in [0.3, 0.4) is 0 Å². The Labute approximate surface area is 145 Å². The highest BCUT2D eigenvalue weighted by molar-refractivity contribution is 7.42. The van der Waals surface area contributed by atoms with Crippen molar-refractivity contribution >= 4 is 14.6 Å². The summed E-state index contributed by atoms with van der Waals surface area (Å²) >= 11 is 0. The van der Waals surface area contributed by atoms with Crippen LogP contribution in [-0.4, -0.2) is 24.3 Å². The fraction of sp³-hybridized carbons (Fsp3) is 0.611. The van der Waals surface area contributed by atoms with E-state index in [1.54, 1.807) is 0 Å². The predicted molar refractivity (Wildman–Crippen MR) is 94.3 cm³/mol. The molecule has 1 fully saturated rings. The van der Waals surface area contributed by atoms with E-state index in [4.69, 9.17) is 18.7 Å². The predicted octanol–water partition coefficient (Wildman–Crippen LogP) is 4.68. The number of rotatable bonds is 6. The Kier molecular flexibility index (Phi) is 6.62. The molecule has 1 aliphatic heterocycles. The monoisotopic (exact) mass is 354 g/mol. The van der Waals surface area contributed by atoms with Crippen molar-refractivity contribution in [2.75, 3.05) is 13.2 Å². The second kappa shape index (κ2) is 8.28. The molecule has 134 valence electrons. The second-order valence-electron chi connectivity index (χ2n) is 7.15. The molecule has 1 heterocycles. The molecule has 1 saturated heterocycles. The molecule has 1 aliphatic rings. The smallest absolute Gasteiger partial charge is 0.397 e. The van der Waals surface area contributed by atoms with Gasteiger partial charge >= 0.3 is 14.6 Å². The average Bonchev–Trinajstić information content (AvgIpc) is 2.53. The standard InChI is InChI=1S/C18H27O5P/c1-5-13-11-21-24(22-12-13)23-16-8-6-14(7-9-17(19)20)10-15(16)18(2,3)4/h6,8,10,13H,5,7,9,11-12H2,1-4H3,(H,19,20). The lowest BCUT2D eigenvalue weighted by Gasteiger charge is -2.29. The number of aryl methyl sites for hydroxylation is 1. The van der Waals surface area contributed by atoms with Gasteiger partial charge < -0.3 is 18.7 Å². The number of carboxylic acids is 1. The van der Waals surface area contributed by atoms with Crippen molar-refractivity contribution < 1.29 is 23.5 Å². The number of hydrogen-bond donors (Lipinski definition) is 1. The summed E-state index contributed by atoms with van der Waals surface area (Å²) < 4.78 is 17.4. The largest absolute Gasteiger partial charge is 0.481 e. The third-order valence-electron chi connectivity index (χ3n) is 4.06. The maximum absolute atomic E-state index is 10.8. The molecule has 0 radical (unpaired) electrons. The summed E-state index contributed by atoms with van der Waals surface area (Å²) in [6, 6.07) is 5.85. The van der Waals surface area contributed by atoms with E-state index in [1.807, 2.05) is 18.2 Å². The van der Waals surface area contributed by atoms with Gasteiger partial charge in [0.15, 0.2) is 0 Å². The lowest BCUT2D eigenvalue weighted by Crippen LogP contribution is -2.21. The molecular formula is C18H27O5P. The normalized spacial score (nSPS) is 21.5. The summed E-state index contributed by atoms with van der Waals surface area (Å²) in [5.74, 6) is 0.404. The van der Waals surface area contributed by atoms with Crippen LogP contribution in [0.1, 0.15) is 51.7 Å². The molecule has 0 atom stereocenters. The molecule has 0 amide bonds. The zero-order valence-electron chi connectivity index (χ0n) is 14.9. The van der Waals surface area contributed by atoms with Crippen molar-refractivity contribution in [3.63, 3.8) is 0 Å².